The Hall–Kier alpha value is -3.48. The van der Waals surface area contributed by atoms with Crippen molar-refractivity contribution in [2.75, 3.05) is 14.2 Å². The summed E-state index contributed by atoms with van der Waals surface area (Å²) in [5, 5.41) is 10.6. The van der Waals surface area contributed by atoms with Crippen molar-refractivity contribution < 1.29 is 14.3 Å². The summed E-state index contributed by atoms with van der Waals surface area (Å²) in [5.41, 5.74) is 6.18. The Morgan fingerprint density at radius 3 is 2.38 bits per heavy atom. The average Bonchev–Trinajstić information content (AvgIpc) is 3.04. The maximum atomic E-state index is 12.6. The number of benzene rings is 2. The molecule has 0 saturated heterocycles. The zero-order valence-corrected chi connectivity index (χ0v) is 19.7. The Kier molecular flexibility index (Phi) is 7.41. The highest BCUT2D eigenvalue weighted by molar-refractivity contribution is 5.74. The third kappa shape index (κ3) is 5.22. The number of carbonyl (C=O) groups is 1. The van der Waals surface area contributed by atoms with Crippen LogP contribution in [-0.4, -0.2) is 30.0 Å². The maximum absolute atomic E-state index is 12.6. The van der Waals surface area contributed by atoms with Crippen molar-refractivity contribution in [2.45, 2.75) is 46.8 Å². The van der Waals surface area contributed by atoms with Crippen LogP contribution in [0.4, 0.5) is 4.79 Å². The fourth-order valence-corrected chi connectivity index (χ4v) is 3.86. The predicted molar refractivity (Wildman–Crippen MR) is 125 cm³/mol. The fraction of sp³-hybridized carbons (Fsp3) is 0.360. The van der Waals surface area contributed by atoms with E-state index in [2.05, 4.69) is 27.9 Å². The molecule has 2 N–H and O–H groups in total. The molecule has 3 rings (SSSR count). The molecule has 0 aliphatic carbocycles. The van der Waals surface area contributed by atoms with Gasteiger partial charge < -0.3 is 20.1 Å². The summed E-state index contributed by atoms with van der Waals surface area (Å²) in [5.74, 6) is 1.31. The van der Waals surface area contributed by atoms with Crippen molar-refractivity contribution in [3.63, 3.8) is 0 Å². The van der Waals surface area contributed by atoms with Crippen molar-refractivity contribution in [1.29, 1.82) is 0 Å². The number of rotatable bonds is 8. The molecule has 0 bridgehead atoms. The SMILES string of the molecule is COc1cc(C)c(C(C)NC(=O)NCc2c(C)nn(Cc3ccccc3)c2C)cc1OC. The normalized spacial score (nSPS) is 11.7. The van der Waals surface area contributed by atoms with Gasteiger partial charge in [-0.3, -0.25) is 4.68 Å². The van der Waals surface area contributed by atoms with E-state index in [-0.39, 0.29) is 12.1 Å². The van der Waals surface area contributed by atoms with Crippen LogP contribution in [0.5, 0.6) is 11.5 Å². The Balaban J connectivity index is 1.64. The molecule has 7 nitrogen and oxygen atoms in total. The standard InChI is InChI=1S/C25H32N4O3/c1-16-12-23(31-5)24(32-6)13-21(16)17(2)27-25(30)26-14-22-18(3)28-29(19(22)4)15-20-10-8-7-9-11-20/h7-13,17H,14-15H2,1-6H3,(H2,26,27,30). The number of hydrogen-bond donors (Lipinski definition) is 2. The highest BCUT2D eigenvalue weighted by Gasteiger charge is 2.17. The van der Waals surface area contributed by atoms with Gasteiger partial charge in [0.2, 0.25) is 0 Å². The summed E-state index contributed by atoms with van der Waals surface area (Å²) in [6.45, 7) is 9.06. The van der Waals surface area contributed by atoms with Gasteiger partial charge in [0.15, 0.2) is 11.5 Å². The number of hydrogen-bond acceptors (Lipinski definition) is 4. The maximum Gasteiger partial charge on any atom is 0.315 e. The second kappa shape index (κ2) is 10.2. The van der Waals surface area contributed by atoms with Crippen LogP contribution >= 0.6 is 0 Å². The second-order valence-electron chi connectivity index (χ2n) is 7.91. The summed E-state index contributed by atoms with van der Waals surface area (Å²) in [7, 11) is 3.21. The number of amides is 2. The molecule has 2 aromatic carbocycles. The van der Waals surface area contributed by atoms with E-state index in [0.717, 1.165) is 28.1 Å². The van der Waals surface area contributed by atoms with Crippen molar-refractivity contribution in [2.24, 2.45) is 0 Å². The lowest BCUT2D eigenvalue weighted by Gasteiger charge is -2.19. The molecule has 170 valence electrons. The van der Waals surface area contributed by atoms with E-state index in [4.69, 9.17) is 9.47 Å². The van der Waals surface area contributed by atoms with Gasteiger partial charge in [0.05, 0.1) is 32.5 Å². The van der Waals surface area contributed by atoms with Gasteiger partial charge in [-0.1, -0.05) is 30.3 Å². The lowest BCUT2D eigenvalue weighted by atomic mass is 10.0. The van der Waals surface area contributed by atoms with Gasteiger partial charge in [0.25, 0.3) is 0 Å². The van der Waals surface area contributed by atoms with E-state index < -0.39 is 0 Å². The zero-order valence-electron chi connectivity index (χ0n) is 19.7. The third-order valence-corrected chi connectivity index (χ3v) is 5.72. The van der Waals surface area contributed by atoms with Gasteiger partial charge in [0, 0.05) is 17.8 Å². The first-order valence-corrected chi connectivity index (χ1v) is 10.7. The van der Waals surface area contributed by atoms with Crippen LogP contribution in [-0.2, 0) is 13.1 Å². The first-order valence-electron chi connectivity index (χ1n) is 10.7. The molecule has 0 saturated carbocycles. The largest absolute Gasteiger partial charge is 0.493 e. The summed E-state index contributed by atoms with van der Waals surface area (Å²) >= 11 is 0. The van der Waals surface area contributed by atoms with Crippen molar-refractivity contribution in [3.8, 4) is 11.5 Å². The molecule has 0 spiro atoms. The molecule has 32 heavy (non-hydrogen) atoms. The minimum absolute atomic E-state index is 0.196. The zero-order chi connectivity index (χ0) is 23.3. The van der Waals surface area contributed by atoms with Gasteiger partial charge in [-0.2, -0.15) is 5.10 Å². The molecule has 0 aliphatic heterocycles. The van der Waals surface area contributed by atoms with Gasteiger partial charge in [-0.25, -0.2) is 4.79 Å². The minimum Gasteiger partial charge on any atom is -0.493 e. The number of methoxy groups -OCH3 is 2. The monoisotopic (exact) mass is 436 g/mol. The summed E-state index contributed by atoms with van der Waals surface area (Å²) < 4.78 is 12.7. The first-order chi connectivity index (χ1) is 15.3. The molecular weight excluding hydrogens is 404 g/mol. The number of nitrogens with one attached hydrogen (secondary N) is 2. The Morgan fingerprint density at radius 2 is 1.72 bits per heavy atom. The van der Waals surface area contributed by atoms with Crippen molar-refractivity contribution in [3.05, 3.63) is 76.1 Å². The van der Waals surface area contributed by atoms with E-state index >= 15 is 0 Å². The van der Waals surface area contributed by atoms with Crippen LogP contribution in [0.25, 0.3) is 0 Å². The lowest BCUT2D eigenvalue weighted by molar-refractivity contribution is 0.237. The van der Waals surface area contributed by atoms with Gasteiger partial charge >= 0.3 is 6.03 Å². The first kappa shape index (κ1) is 23.2. The number of aromatic nitrogens is 2. The van der Waals surface area contributed by atoms with Gasteiger partial charge in [-0.05, 0) is 56.5 Å². The third-order valence-electron chi connectivity index (χ3n) is 5.72. The van der Waals surface area contributed by atoms with Crippen LogP contribution in [0.2, 0.25) is 0 Å². The lowest BCUT2D eigenvalue weighted by Crippen LogP contribution is -2.37. The highest BCUT2D eigenvalue weighted by Crippen LogP contribution is 2.32. The van der Waals surface area contributed by atoms with Crippen molar-refractivity contribution >= 4 is 6.03 Å². The molecule has 1 heterocycles. The molecule has 7 heteroatoms. The predicted octanol–water partition coefficient (Wildman–Crippen LogP) is 4.43. The van der Waals surface area contributed by atoms with Crippen LogP contribution in [0, 0.1) is 20.8 Å². The Labute approximate surface area is 189 Å². The summed E-state index contributed by atoms with van der Waals surface area (Å²) in [6.07, 6.45) is 0. The van der Waals surface area contributed by atoms with Crippen LogP contribution in [0.15, 0.2) is 42.5 Å². The smallest absolute Gasteiger partial charge is 0.315 e. The minimum atomic E-state index is -0.235. The molecule has 1 unspecified atom stereocenters. The number of urea groups is 1. The number of ether oxygens (including phenoxy) is 2. The van der Waals surface area contributed by atoms with E-state index in [9.17, 15) is 4.79 Å². The van der Waals surface area contributed by atoms with E-state index in [1.165, 1.54) is 5.56 Å². The van der Waals surface area contributed by atoms with Crippen LogP contribution in [0.1, 0.15) is 46.6 Å². The topological polar surface area (TPSA) is 77.4 Å². The van der Waals surface area contributed by atoms with Crippen LogP contribution < -0.4 is 20.1 Å². The Morgan fingerprint density at radius 1 is 1.06 bits per heavy atom. The fourth-order valence-electron chi connectivity index (χ4n) is 3.86. The molecule has 3 aromatic rings. The summed E-state index contributed by atoms with van der Waals surface area (Å²) in [4.78, 5) is 12.6. The van der Waals surface area contributed by atoms with E-state index in [0.29, 0.717) is 24.6 Å². The van der Waals surface area contributed by atoms with E-state index in [1.54, 1.807) is 14.2 Å². The molecule has 0 fully saturated rings. The average molecular weight is 437 g/mol. The Bertz CT molecular complexity index is 1080. The molecular formula is C25H32N4O3. The molecule has 0 aliphatic rings. The number of nitrogens with zero attached hydrogens (tertiary/aromatic N) is 2. The molecule has 1 atom stereocenters. The quantitative estimate of drug-likeness (QED) is 0.547. The summed E-state index contributed by atoms with van der Waals surface area (Å²) in [6, 6.07) is 13.6. The van der Waals surface area contributed by atoms with Crippen LogP contribution in [0.3, 0.4) is 0 Å². The highest BCUT2D eigenvalue weighted by atomic mass is 16.5. The van der Waals surface area contributed by atoms with E-state index in [1.807, 2.05) is 62.7 Å². The van der Waals surface area contributed by atoms with Crippen molar-refractivity contribution in [1.82, 2.24) is 20.4 Å². The molecule has 1 aromatic heterocycles. The number of carbonyl (C=O) groups excluding carboxylic acids is 1. The van der Waals surface area contributed by atoms with Gasteiger partial charge in [0.1, 0.15) is 0 Å². The molecule has 0 radical (unpaired) electrons. The number of aryl methyl sites for hydroxylation is 2. The molecule has 2 amide bonds. The second-order valence-corrected chi connectivity index (χ2v) is 7.91. The van der Waals surface area contributed by atoms with Gasteiger partial charge in [-0.15, -0.1) is 0 Å².